The first-order valence-electron chi connectivity index (χ1n) is 6.91. The first-order chi connectivity index (χ1) is 10.1. The number of nitrogens with one attached hydrogen (secondary N) is 1. The summed E-state index contributed by atoms with van der Waals surface area (Å²) in [5.74, 6) is -2.12. The van der Waals surface area contributed by atoms with E-state index in [9.17, 15) is 14.4 Å². The Morgan fingerprint density at radius 3 is 2.52 bits per heavy atom. The molecule has 112 valence electrons. The van der Waals surface area contributed by atoms with Crippen LogP contribution in [-0.4, -0.2) is 46.9 Å². The average molecular weight is 290 g/mol. The van der Waals surface area contributed by atoms with Crippen molar-refractivity contribution >= 4 is 17.8 Å². The standard InChI is InChI=1S/C15H18N2O4/c18-13(9-11-5-2-1-3-6-11)17(10-14(19)20)15(21)12-7-4-8-16-12/h1-3,5-6,12,16H,4,7-10H2,(H,19,20). The Labute approximate surface area is 122 Å². The van der Waals surface area contributed by atoms with Crippen LogP contribution in [0.1, 0.15) is 18.4 Å². The maximum Gasteiger partial charge on any atom is 0.323 e. The summed E-state index contributed by atoms with van der Waals surface area (Å²) in [6, 6.07) is 8.51. The van der Waals surface area contributed by atoms with Gasteiger partial charge >= 0.3 is 5.97 Å². The second-order valence-electron chi connectivity index (χ2n) is 5.02. The largest absolute Gasteiger partial charge is 0.480 e. The van der Waals surface area contributed by atoms with E-state index in [1.165, 1.54) is 0 Å². The smallest absolute Gasteiger partial charge is 0.323 e. The van der Waals surface area contributed by atoms with Gasteiger partial charge in [-0.15, -0.1) is 0 Å². The molecule has 1 aliphatic rings. The van der Waals surface area contributed by atoms with E-state index in [0.29, 0.717) is 13.0 Å². The Bertz CT molecular complexity index is 524. The molecule has 2 rings (SSSR count). The molecule has 1 fully saturated rings. The Hall–Kier alpha value is -2.21. The first-order valence-corrected chi connectivity index (χ1v) is 6.91. The first kappa shape index (κ1) is 15.2. The van der Waals surface area contributed by atoms with Crippen LogP contribution in [0.15, 0.2) is 30.3 Å². The zero-order chi connectivity index (χ0) is 15.2. The van der Waals surface area contributed by atoms with E-state index in [1.807, 2.05) is 6.07 Å². The molecule has 2 N–H and O–H groups in total. The van der Waals surface area contributed by atoms with Crippen LogP contribution in [0.5, 0.6) is 0 Å². The maximum atomic E-state index is 12.3. The molecule has 1 aromatic rings. The molecule has 1 aromatic carbocycles. The number of benzene rings is 1. The molecule has 1 atom stereocenters. The molecule has 0 aliphatic carbocycles. The quantitative estimate of drug-likeness (QED) is 0.821. The molecule has 1 aliphatic heterocycles. The Balaban J connectivity index is 2.09. The molecule has 1 unspecified atom stereocenters. The Morgan fingerprint density at radius 1 is 1.24 bits per heavy atom. The fraction of sp³-hybridized carbons (Fsp3) is 0.400. The summed E-state index contributed by atoms with van der Waals surface area (Å²) in [6.45, 7) is 0.118. The molecule has 6 nitrogen and oxygen atoms in total. The number of nitrogens with zero attached hydrogens (tertiary/aromatic N) is 1. The van der Waals surface area contributed by atoms with Crippen molar-refractivity contribution < 1.29 is 19.5 Å². The number of amides is 2. The molecule has 0 aromatic heterocycles. The van der Waals surface area contributed by atoms with E-state index >= 15 is 0 Å². The molecule has 2 amide bonds. The average Bonchev–Trinajstić information content (AvgIpc) is 2.99. The van der Waals surface area contributed by atoms with Gasteiger partial charge in [-0.25, -0.2) is 0 Å². The van der Waals surface area contributed by atoms with E-state index in [2.05, 4.69) is 5.32 Å². The molecule has 21 heavy (non-hydrogen) atoms. The lowest BCUT2D eigenvalue weighted by Crippen LogP contribution is -2.49. The van der Waals surface area contributed by atoms with Gasteiger partial charge in [-0.1, -0.05) is 30.3 Å². The van der Waals surface area contributed by atoms with Gasteiger partial charge in [0, 0.05) is 0 Å². The van der Waals surface area contributed by atoms with Crippen molar-refractivity contribution in [2.24, 2.45) is 0 Å². The zero-order valence-corrected chi connectivity index (χ0v) is 11.6. The van der Waals surface area contributed by atoms with Crippen molar-refractivity contribution in [3.05, 3.63) is 35.9 Å². The number of hydrogen-bond donors (Lipinski definition) is 2. The van der Waals surface area contributed by atoms with Gasteiger partial charge in [0.25, 0.3) is 0 Å². The second kappa shape index (κ2) is 6.99. The SMILES string of the molecule is O=C(O)CN(C(=O)Cc1ccccc1)C(=O)C1CCCN1. The van der Waals surface area contributed by atoms with Crippen LogP contribution in [0.2, 0.25) is 0 Å². The maximum absolute atomic E-state index is 12.3. The number of rotatable bonds is 5. The number of carbonyl (C=O) groups is 3. The van der Waals surface area contributed by atoms with Gasteiger partial charge in [-0.2, -0.15) is 0 Å². The van der Waals surface area contributed by atoms with Crippen LogP contribution in [0.3, 0.4) is 0 Å². The molecule has 1 heterocycles. The molecule has 1 saturated heterocycles. The van der Waals surface area contributed by atoms with Gasteiger partial charge < -0.3 is 10.4 Å². The molecule has 6 heteroatoms. The van der Waals surface area contributed by atoms with Gasteiger partial charge in [-0.3, -0.25) is 19.3 Å². The molecular weight excluding hydrogens is 272 g/mol. The number of imide groups is 1. The van der Waals surface area contributed by atoms with Crippen LogP contribution in [-0.2, 0) is 20.8 Å². The van der Waals surface area contributed by atoms with Gasteiger partial charge in [-0.05, 0) is 24.9 Å². The van der Waals surface area contributed by atoms with Crippen molar-refractivity contribution in [2.75, 3.05) is 13.1 Å². The highest BCUT2D eigenvalue weighted by atomic mass is 16.4. The van der Waals surface area contributed by atoms with Crippen LogP contribution >= 0.6 is 0 Å². The van der Waals surface area contributed by atoms with Gasteiger partial charge in [0.2, 0.25) is 11.8 Å². The molecule has 0 radical (unpaired) electrons. The summed E-state index contributed by atoms with van der Waals surface area (Å²) < 4.78 is 0. The van der Waals surface area contributed by atoms with Gasteiger partial charge in [0.15, 0.2) is 0 Å². The van der Waals surface area contributed by atoms with Crippen LogP contribution in [0, 0.1) is 0 Å². The monoisotopic (exact) mass is 290 g/mol. The number of carboxylic acid groups (broad SMARTS) is 1. The fourth-order valence-electron chi connectivity index (χ4n) is 2.37. The number of aliphatic carboxylic acids is 1. The van der Waals surface area contributed by atoms with E-state index in [0.717, 1.165) is 16.9 Å². The van der Waals surface area contributed by atoms with E-state index in [1.54, 1.807) is 24.3 Å². The molecule has 0 spiro atoms. The van der Waals surface area contributed by atoms with Crippen LogP contribution in [0.25, 0.3) is 0 Å². The number of hydrogen-bond acceptors (Lipinski definition) is 4. The molecular formula is C15H18N2O4. The Morgan fingerprint density at radius 2 is 1.95 bits per heavy atom. The highest BCUT2D eigenvalue weighted by Gasteiger charge is 2.31. The normalized spacial score (nSPS) is 17.4. The van der Waals surface area contributed by atoms with E-state index < -0.39 is 30.4 Å². The van der Waals surface area contributed by atoms with Crippen molar-refractivity contribution in [3.63, 3.8) is 0 Å². The minimum Gasteiger partial charge on any atom is -0.480 e. The summed E-state index contributed by atoms with van der Waals surface area (Å²) in [7, 11) is 0. The van der Waals surface area contributed by atoms with Crippen molar-refractivity contribution in [1.29, 1.82) is 0 Å². The van der Waals surface area contributed by atoms with E-state index in [-0.39, 0.29) is 6.42 Å². The summed E-state index contributed by atoms with van der Waals surface area (Å²) in [5, 5.41) is 11.9. The van der Waals surface area contributed by atoms with E-state index in [4.69, 9.17) is 5.11 Å². The number of carboxylic acids is 1. The Kier molecular flexibility index (Phi) is 5.05. The third-order valence-electron chi connectivity index (χ3n) is 3.42. The molecule has 0 saturated carbocycles. The van der Waals surface area contributed by atoms with Crippen molar-refractivity contribution in [3.8, 4) is 0 Å². The highest BCUT2D eigenvalue weighted by molar-refractivity contribution is 6.01. The van der Waals surface area contributed by atoms with Crippen molar-refractivity contribution in [2.45, 2.75) is 25.3 Å². The topological polar surface area (TPSA) is 86.7 Å². The zero-order valence-electron chi connectivity index (χ0n) is 11.6. The third kappa shape index (κ3) is 4.13. The summed E-state index contributed by atoms with van der Waals surface area (Å²) in [4.78, 5) is 36.3. The molecule has 0 bridgehead atoms. The summed E-state index contributed by atoms with van der Waals surface area (Å²) in [5.41, 5.74) is 0.755. The van der Waals surface area contributed by atoms with Gasteiger partial charge in [0.05, 0.1) is 12.5 Å². The number of carbonyl (C=O) groups excluding carboxylic acids is 2. The third-order valence-corrected chi connectivity index (χ3v) is 3.42. The lowest BCUT2D eigenvalue weighted by Gasteiger charge is -2.22. The van der Waals surface area contributed by atoms with Crippen LogP contribution in [0.4, 0.5) is 0 Å². The fourth-order valence-corrected chi connectivity index (χ4v) is 2.37. The predicted molar refractivity (Wildman–Crippen MR) is 75.5 cm³/mol. The predicted octanol–water partition coefficient (Wildman–Crippen LogP) is 0.421. The van der Waals surface area contributed by atoms with Gasteiger partial charge in [0.1, 0.15) is 6.54 Å². The summed E-state index contributed by atoms with van der Waals surface area (Å²) >= 11 is 0. The lowest BCUT2D eigenvalue weighted by molar-refractivity contribution is -0.153. The minimum absolute atomic E-state index is 0.0204. The van der Waals surface area contributed by atoms with Crippen LogP contribution < -0.4 is 5.32 Å². The van der Waals surface area contributed by atoms with Crippen molar-refractivity contribution in [1.82, 2.24) is 10.2 Å². The second-order valence-corrected chi connectivity index (χ2v) is 5.02. The minimum atomic E-state index is -1.19. The highest BCUT2D eigenvalue weighted by Crippen LogP contribution is 2.11. The summed E-state index contributed by atoms with van der Waals surface area (Å²) in [6.07, 6.45) is 1.50. The lowest BCUT2D eigenvalue weighted by atomic mass is 10.1.